The summed E-state index contributed by atoms with van der Waals surface area (Å²) in [7, 11) is 0. The van der Waals surface area contributed by atoms with Crippen LogP contribution in [0.5, 0.6) is 0 Å². The maximum Gasteiger partial charge on any atom is 0.309 e. The second kappa shape index (κ2) is 12.4. The van der Waals surface area contributed by atoms with Crippen molar-refractivity contribution in [2.75, 3.05) is 0 Å². The van der Waals surface area contributed by atoms with E-state index in [0.29, 0.717) is 4.83 Å². The normalized spacial score (nSPS) is 30.2. The molecule has 0 bridgehead atoms. The average molecular weight is 415 g/mol. The van der Waals surface area contributed by atoms with Crippen LogP contribution in [0.25, 0.3) is 0 Å². The summed E-state index contributed by atoms with van der Waals surface area (Å²) in [6, 6.07) is 0. The third-order valence-electron chi connectivity index (χ3n) is 6.28. The van der Waals surface area contributed by atoms with Gasteiger partial charge in [-0.1, -0.05) is 74.2 Å². The van der Waals surface area contributed by atoms with Gasteiger partial charge in [-0.3, -0.25) is 4.79 Å². The van der Waals surface area contributed by atoms with Crippen LogP contribution in [0.2, 0.25) is 0 Å². The van der Waals surface area contributed by atoms with Gasteiger partial charge in [-0.15, -0.1) is 0 Å². The van der Waals surface area contributed by atoms with Gasteiger partial charge in [0.2, 0.25) is 0 Å². The fraction of sp³-hybridized carbons (Fsp3) is 0.955. The maximum atomic E-state index is 12.4. The second-order valence-electron chi connectivity index (χ2n) is 8.44. The van der Waals surface area contributed by atoms with Gasteiger partial charge in [0.15, 0.2) is 0 Å². The standard InChI is InChI=1S/C22H39BrO2/c1-2-3-4-5-6-7-8-9-18-10-12-19(13-11-18)22(24)25-21-16-14-20(23)15-17-21/h18-21H,2-17H2,1H3. The van der Waals surface area contributed by atoms with Gasteiger partial charge in [-0.2, -0.15) is 0 Å². The van der Waals surface area contributed by atoms with Crippen molar-refractivity contribution in [3.05, 3.63) is 0 Å². The van der Waals surface area contributed by atoms with Crippen LogP contribution >= 0.6 is 15.9 Å². The van der Waals surface area contributed by atoms with Gasteiger partial charge >= 0.3 is 5.97 Å². The van der Waals surface area contributed by atoms with E-state index in [0.717, 1.165) is 44.4 Å². The molecule has 0 aromatic carbocycles. The molecule has 2 rings (SSSR count). The van der Waals surface area contributed by atoms with Gasteiger partial charge in [0, 0.05) is 4.83 Å². The molecule has 3 heteroatoms. The van der Waals surface area contributed by atoms with Crippen LogP contribution in [0.1, 0.15) is 110 Å². The van der Waals surface area contributed by atoms with E-state index < -0.39 is 0 Å². The smallest absolute Gasteiger partial charge is 0.309 e. The predicted octanol–water partition coefficient (Wildman–Crippen LogP) is 7.18. The number of hydrogen-bond acceptors (Lipinski definition) is 2. The van der Waals surface area contributed by atoms with Crippen molar-refractivity contribution in [3.8, 4) is 0 Å². The molecule has 0 atom stereocenters. The minimum atomic E-state index is 0.104. The van der Waals surface area contributed by atoms with E-state index in [-0.39, 0.29) is 18.0 Å². The summed E-state index contributed by atoms with van der Waals surface area (Å²) in [5, 5.41) is 0. The first kappa shape index (κ1) is 21.3. The number of alkyl halides is 1. The molecule has 0 radical (unpaired) electrons. The molecule has 0 aromatic rings. The summed E-state index contributed by atoms with van der Waals surface area (Å²) in [6.45, 7) is 2.28. The fourth-order valence-corrected chi connectivity index (χ4v) is 5.01. The molecular weight excluding hydrogens is 376 g/mol. The highest BCUT2D eigenvalue weighted by atomic mass is 79.9. The van der Waals surface area contributed by atoms with Gasteiger partial charge in [-0.25, -0.2) is 0 Å². The summed E-state index contributed by atoms with van der Waals surface area (Å²) < 4.78 is 5.80. The lowest BCUT2D eigenvalue weighted by Crippen LogP contribution is -2.30. The molecular formula is C22H39BrO2. The number of esters is 1. The van der Waals surface area contributed by atoms with Gasteiger partial charge in [0.25, 0.3) is 0 Å². The first-order chi connectivity index (χ1) is 12.2. The van der Waals surface area contributed by atoms with Crippen LogP contribution in [0.3, 0.4) is 0 Å². The van der Waals surface area contributed by atoms with Crippen LogP contribution in [0.4, 0.5) is 0 Å². The van der Waals surface area contributed by atoms with Crippen LogP contribution in [0, 0.1) is 11.8 Å². The summed E-state index contributed by atoms with van der Waals surface area (Å²) in [4.78, 5) is 13.0. The summed E-state index contributed by atoms with van der Waals surface area (Å²) in [5.74, 6) is 1.16. The van der Waals surface area contributed by atoms with Crippen LogP contribution < -0.4 is 0 Å². The van der Waals surface area contributed by atoms with Crippen molar-refractivity contribution in [3.63, 3.8) is 0 Å². The van der Waals surface area contributed by atoms with E-state index in [4.69, 9.17) is 4.74 Å². The Morgan fingerprint density at radius 3 is 2.08 bits per heavy atom. The van der Waals surface area contributed by atoms with E-state index in [1.54, 1.807) is 0 Å². The van der Waals surface area contributed by atoms with Crippen molar-refractivity contribution >= 4 is 21.9 Å². The third kappa shape index (κ3) is 8.45. The van der Waals surface area contributed by atoms with E-state index in [1.807, 2.05) is 0 Å². The molecule has 0 heterocycles. The average Bonchev–Trinajstić information content (AvgIpc) is 2.63. The van der Waals surface area contributed by atoms with Crippen molar-refractivity contribution in [1.29, 1.82) is 0 Å². The molecule has 2 nitrogen and oxygen atoms in total. The summed E-state index contributed by atoms with van der Waals surface area (Å²) in [5.41, 5.74) is 0. The molecule has 2 aliphatic rings. The highest BCUT2D eigenvalue weighted by molar-refractivity contribution is 9.09. The minimum absolute atomic E-state index is 0.104. The molecule has 2 fully saturated rings. The van der Waals surface area contributed by atoms with Crippen molar-refractivity contribution < 1.29 is 9.53 Å². The Labute approximate surface area is 164 Å². The van der Waals surface area contributed by atoms with Gasteiger partial charge in [0.1, 0.15) is 6.10 Å². The Bertz CT molecular complexity index is 355. The van der Waals surface area contributed by atoms with E-state index in [2.05, 4.69) is 22.9 Å². The number of halogens is 1. The molecule has 2 aliphatic carbocycles. The Morgan fingerprint density at radius 2 is 1.44 bits per heavy atom. The first-order valence-electron chi connectivity index (χ1n) is 11.0. The molecule has 0 aliphatic heterocycles. The Hall–Kier alpha value is -0.0500. The molecule has 0 N–H and O–H groups in total. The van der Waals surface area contributed by atoms with Gasteiger partial charge in [0.05, 0.1) is 5.92 Å². The highest BCUT2D eigenvalue weighted by Gasteiger charge is 2.30. The largest absolute Gasteiger partial charge is 0.462 e. The lowest BCUT2D eigenvalue weighted by atomic mass is 9.79. The monoisotopic (exact) mass is 414 g/mol. The van der Waals surface area contributed by atoms with E-state index in [1.165, 1.54) is 64.2 Å². The molecule has 0 saturated heterocycles. The Balaban J connectivity index is 1.51. The fourth-order valence-electron chi connectivity index (χ4n) is 4.48. The number of ether oxygens (including phenoxy) is 1. The molecule has 0 unspecified atom stereocenters. The quantitative estimate of drug-likeness (QED) is 0.215. The Morgan fingerprint density at radius 1 is 0.840 bits per heavy atom. The molecule has 0 spiro atoms. The maximum absolute atomic E-state index is 12.4. The first-order valence-corrected chi connectivity index (χ1v) is 11.9. The molecule has 146 valence electrons. The van der Waals surface area contributed by atoms with Gasteiger partial charge in [-0.05, 0) is 57.3 Å². The topological polar surface area (TPSA) is 26.3 Å². The molecule has 0 amide bonds. The molecule has 0 aromatic heterocycles. The number of unbranched alkanes of at least 4 members (excludes halogenated alkanes) is 6. The SMILES string of the molecule is CCCCCCCCCC1CCC(C(=O)OC2CCC(Br)CC2)CC1. The summed E-state index contributed by atoms with van der Waals surface area (Å²) >= 11 is 3.67. The van der Waals surface area contributed by atoms with Gasteiger partial charge < -0.3 is 4.74 Å². The van der Waals surface area contributed by atoms with E-state index in [9.17, 15) is 4.79 Å². The third-order valence-corrected chi connectivity index (χ3v) is 7.20. The van der Waals surface area contributed by atoms with Crippen LogP contribution in [-0.4, -0.2) is 16.9 Å². The van der Waals surface area contributed by atoms with E-state index >= 15 is 0 Å². The zero-order valence-corrected chi connectivity index (χ0v) is 17.9. The van der Waals surface area contributed by atoms with Crippen LogP contribution in [-0.2, 0) is 9.53 Å². The number of carbonyl (C=O) groups excluding carboxylic acids is 1. The number of rotatable bonds is 10. The highest BCUT2D eigenvalue weighted by Crippen LogP contribution is 2.34. The summed E-state index contributed by atoms with van der Waals surface area (Å²) in [6.07, 6.45) is 20.3. The second-order valence-corrected chi connectivity index (χ2v) is 9.73. The zero-order valence-electron chi connectivity index (χ0n) is 16.3. The Kier molecular flexibility index (Phi) is 10.5. The lowest BCUT2D eigenvalue weighted by Gasteiger charge is -2.30. The number of hydrogen-bond donors (Lipinski definition) is 0. The number of carbonyl (C=O) groups is 1. The molecule has 25 heavy (non-hydrogen) atoms. The lowest BCUT2D eigenvalue weighted by molar-refractivity contribution is -0.156. The zero-order chi connectivity index (χ0) is 17.9. The van der Waals surface area contributed by atoms with Crippen LogP contribution in [0.15, 0.2) is 0 Å². The van der Waals surface area contributed by atoms with Crippen molar-refractivity contribution in [1.82, 2.24) is 0 Å². The van der Waals surface area contributed by atoms with Crippen molar-refractivity contribution in [2.45, 2.75) is 121 Å². The molecule has 2 saturated carbocycles. The predicted molar refractivity (Wildman–Crippen MR) is 109 cm³/mol. The van der Waals surface area contributed by atoms with Crippen molar-refractivity contribution in [2.24, 2.45) is 11.8 Å². The minimum Gasteiger partial charge on any atom is -0.462 e.